The Labute approximate surface area is 199 Å². The molecule has 6 nitrogen and oxygen atoms in total. The van der Waals surface area contributed by atoms with Crippen molar-refractivity contribution in [3.8, 4) is 5.75 Å². The van der Waals surface area contributed by atoms with Gasteiger partial charge in [-0.2, -0.15) is 0 Å². The molecular weight excluding hydrogens is 467 g/mol. The van der Waals surface area contributed by atoms with Crippen LogP contribution in [0.15, 0.2) is 47.4 Å². The maximum Gasteiger partial charge on any atom is 0.263 e. The molecule has 2 atom stereocenters. The number of piperidine rings is 1. The van der Waals surface area contributed by atoms with Crippen molar-refractivity contribution < 1.29 is 22.3 Å². The molecule has 0 aliphatic carbocycles. The Morgan fingerprint density at radius 2 is 1.73 bits per heavy atom. The first-order valence-corrected chi connectivity index (χ1v) is 13.2. The molecule has 1 N–H and O–H groups in total. The molecule has 0 radical (unpaired) electrons. The van der Waals surface area contributed by atoms with Gasteiger partial charge in [-0.15, -0.1) is 0 Å². The van der Waals surface area contributed by atoms with Crippen LogP contribution >= 0.6 is 11.6 Å². The predicted octanol–water partition coefficient (Wildman–Crippen LogP) is 4.36. The van der Waals surface area contributed by atoms with E-state index in [9.17, 15) is 17.6 Å². The summed E-state index contributed by atoms with van der Waals surface area (Å²) >= 11 is 5.79. The summed E-state index contributed by atoms with van der Waals surface area (Å²) in [6.07, 6.45) is 4.79. The van der Waals surface area contributed by atoms with Crippen molar-refractivity contribution in [2.75, 3.05) is 11.2 Å². The van der Waals surface area contributed by atoms with E-state index in [1.54, 1.807) is 26.0 Å². The third kappa shape index (κ3) is 5.11. The van der Waals surface area contributed by atoms with Gasteiger partial charge in [0.25, 0.3) is 5.91 Å². The highest BCUT2D eigenvalue weighted by atomic mass is 35.5. The number of halogens is 2. The van der Waals surface area contributed by atoms with Crippen molar-refractivity contribution in [3.05, 3.63) is 53.3 Å². The van der Waals surface area contributed by atoms with E-state index in [4.69, 9.17) is 16.3 Å². The van der Waals surface area contributed by atoms with E-state index in [0.29, 0.717) is 4.90 Å². The van der Waals surface area contributed by atoms with Crippen LogP contribution in [0.5, 0.6) is 5.75 Å². The summed E-state index contributed by atoms with van der Waals surface area (Å²) in [6, 6.07) is 11.6. The number of nitrogens with one attached hydrogen (secondary N) is 1. The van der Waals surface area contributed by atoms with Crippen molar-refractivity contribution in [1.82, 2.24) is 5.32 Å². The van der Waals surface area contributed by atoms with Gasteiger partial charge >= 0.3 is 0 Å². The highest BCUT2D eigenvalue weighted by Gasteiger charge is 2.42. The molecule has 4 rings (SSSR count). The molecule has 0 spiro atoms. The molecule has 33 heavy (non-hydrogen) atoms. The first-order chi connectivity index (χ1) is 15.4. The summed E-state index contributed by atoms with van der Waals surface area (Å²) in [6.45, 7) is 3.23. The van der Waals surface area contributed by atoms with Gasteiger partial charge in [0.1, 0.15) is 0 Å². The number of anilines is 1. The topological polar surface area (TPSA) is 75.7 Å². The summed E-state index contributed by atoms with van der Waals surface area (Å²) in [4.78, 5) is 15.6. The van der Waals surface area contributed by atoms with Crippen LogP contribution in [-0.4, -0.2) is 44.3 Å². The number of hydrogen-bond donors (Lipinski definition) is 1. The minimum Gasteiger partial charge on any atom is -0.475 e. The van der Waals surface area contributed by atoms with Crippen LogP contribution in [-0.2, 0) is 14.6 Å². The molecule has 2 aromatic rings. The van der Waals surface area contributed by atoms with Gasteiger partial charge < -0.3 is 15.0 Å². The van der Waals surface area contributed by atoms with Crippen molar-refractivity contribution in [1.29, 1.82) is 0 Å². The molecule has 2 fully saturated rings. The molecule has 2 aliphatic rings. The Bertz CT molecular complexity index is 1140. The van der Waals surface area contributed by atoms with Crippen molar-refractivity contribution >= 4 is 33.0 Å². The maximum absolute atomic E-state index is 14.1. The maximum atomic E-state index is 14.1. The molecule has 2 aromatic carbocycles. The van der Waals surface area contributed by atoms with E-state index >= 15 is 0 Å². The lowest BCUT2D eigenvalue weighted by Gasteiger charge is -2.41. The SMILES string of the molecule is CC(C)(Oc1ccc(Cl)cc1F)C(=O)NC1CC2CCC(C1)N2c1ccc(S(C)(=O)=O)cc1. The molecule has 2 aliphatic heterocycles. The summed E-state index contributed by atoms with van der Waals surface area (Å²) < 4.78 is 43.3. The molecular formula is C24H28ClFN2O4S. The van der Waals surface area contributed by atoms with Crippen LogP contribution in [0.3, 0.4) is 0 Å². The minimum absolute atomic E-state index is 0.0144. The zero-order chi connectivity index (χ0) is 24.0. The summed E-state index contributed by atoms with van der Waals surface area (Å²) in [7, 11) is -3.23. The number of fused-ring (bicyclic) bond motifs is 2. The fraction of sp³-hybridized carbons (Fsp3) is 0.458. The van der Waals surface area contributed by atoms with E-state index < -0.39 is 21.3 Å². The number of sulfone groups is 1. The molecule has 2 bridgehead atoms. The van der Waals surface area contributed by atoms with Gasteiger partial charge in [0.05, 0.1) is 4.90 Å². The van der Waals surface area contributed by atoms with E-state index in [2.05, 4.69) is 10.2 Å². The largest absolute Gasteiger partial charge is 0.475 e. The quantitative estimate of drug-likeness (QED) is 0.646. The Morgan fingerprint density at radius 3 is 2.27 bits per heavy atom. The molecule has 9 heteroatoms. The molecule has 0 aromatic heterocycles. The van der Waals surface area contributed by atoms with Crippen molar-refractivity contribution in [2.24, 2.45) is 0 Å². The fourth-order valence-corrected chi connectivity index (χ4v) is 5.61. The molecule has 2 unspecified atom stereocenters. The highest BCUT2D eigenvalue weighted by molar-refractivity contribution is 7.90. The van der Waals surface area contributed by atoms with E-state index in [-0.39, 0.29) is 34.8 Å². The summed E-state index contributed by atoms with van der Waals surface area (Å²) in [5, 5.41) is 3.35. The van der Waals surface area contributed by atoms with Gasteiger partial charge in [-0.3, -0.25) is 4.79 Å². The van der Waals surface area contributed by atoms with Crippen LogP contribution in [0.25, 0.3) is 0 Å². The number of nitrogens with zero attached hydrogens (tertiary/aromatic N) is 1. The Hall–Kier alpha value is -2.32. The lowest BCUT2D eigenvalue weighted by Crippen LogP contribution is -2.55. The second kappa shape index (κ2) is 8.80. The average Bonchev–Trinajstić information content (AvgIpc) is 3.00. The van der Waals surface area contributed by atoms with E-state index in [0.717, 1.165) is 37.4 Å². The van der Waals surface area contributed by atoms with Crippen molar-refractivity contribution in [3.63, 3.8) is 0 Å². The van der Waals surface area contributed by atoms with E-state index in [1.165, 1.54) is 18.4 Å². The van der Waals surface area contributed by atoms with Crippen LogP contribution in [0.2, 0.25) is 5.02 Å². The molecule has 2 saturated heterocycles. The number of ether oxygens (including phenoxy) is 1. The zero-order valence-electron chi connectivity index (χ0n) is 18.8. The highest BCUT2D eigenvalue weighted by Crippen LogP contribution is 2.39. The third-order valence-corrected chi connectivity index (χ3v) is 7.80. The van der Waals surface area contributed by atoms with Gasteiger partial charge in [0.15, 0.2) is 27.0 Å². The Morgan fingerprint density at radius 1 is 1.12 bits per heavy atom. The monoisotopic (exact) mass is 494 g/mol. The Balaban J connectivity index is 1.41. The molecule has 178 valence electrons. The summed E-state index contributed by atoms with van der Waals surface area (Å²) in [5.74, 6) is -0.934. The number of carbonyl (C=O) groups excluding carboxylic acids is 1. The smallest absolute Gasteiger partial charge is 0.263 e. The van der Waals surface area contributed by atoms with Crippen molar-refractivity contribution in [2.45, 2.75) is 68.2 Å². The van der Waals surface area contributed by atoms with Crippen LogP contribution in [0.4, 0.5) is 10.1 Å². The Kier molecular flexibility index (Phi) is 6.35. The van der Waals surface area contributed by atoms with Gasteiger partial charge in [-0.05, 0) is 82.0 Å². The normalized spacial score (nSPS) is 22.8. The van der Waals surface area contributed by atoms with Crippen LogP contribution in [0.1, 0.15) is 39.5 Å². The van der Waals surface area contributed by atoms with Gasteiger partial charge in [0.2, 0.25) is 0 Å². The van der Waals surface area contributed by atoms with Gasteiger partial charge in [-0.1, -0.05) is 11.6 Å². The zero-order valence-corrected chi connectivity index (χ0v) is 20.4. The van der Waals surface area contributed by atoms with Crippen LogP contribution < -0.4 is 15.0 Å². The third-order valence-electron chi connectivity index (χ3n) is 6.44. The van der Waals surface area contributed by atoms with Crippen LogP contribution in [0, 0.1) is 5.82 Å². The first kappa shape index (κ1) is 23.8. The standard InChI is InChI=1S/C24H28ClFN2O4S/c1-24(2,32-22-11-4-15(25)12-21(22)26)23(29)27-16-13-18-5-6-19(14-16)28(18)17-7-9-20(10-8-17)33(3,30)31/h4,7-12,16,18-19H,5-6,13-14H2,1-3H3,(H,27,29). The van der Waals surface area contributed by atoms with Gasteiger partial charge in [0, 0.05) is 35.1 Å². The first-order valence-electron chi connectivity index (χ1n) is 11.0. The number of benzene rings is 2. The lowest BCUT2D eigenvalue weighted by atomic mass is 9.95. The minimum atomic E-state index is -3.23. The van der Waals surface area contributed by atoms with Gasteiger partial charge in [-0.25, -0.2) is 12.8 Å². The fourth-order valence-electron chi connectivity index (χ4n) is 4.82. The predicted molar refractivity (Wildman–Crippen MR) is 126 cm³/mol. The summed E-state index contributed by atoms with van der Waals surface area (Å²) in [5.41, 5.74) is -0.256. The molecule has 1 amide bonds. The molecule has 2 heterocycles. The number of carbonyl (C=O) groups is 1. The second-order valence-electron chi connectivity index (χ2n) is 9.39. The molecule has 0 saturated carbocycles. The number of amides is 1. The average molecular weight is 495 g/mol. The number of hydrogen-bond acceptors (Lipinski definition) is 5. The lowest BCUT2D eigenvalue weighted by molar-refractivity contribution is -0.135. The van der Waals surface area contributed by atoms with E-state index in [1.807, 2.05) is 12.1 Å². The second-order valence-corrected chi connectivity index (χ2v) is 11.8. The number of rotatable bonds is 6.